The number of pyridine rings is 1. The molecule has 2 aromatic rings. The number of thiophene rings is 1. The molecule has 0 spiro atoms. The summed E-state index contributed by atoms with van der Waals surface area (Å²) in [5.41, 5.74) is 2.22. The molecule has 116 valence electrons. The topological polar surface area (TPSA) is 33.2 Å². The average molecular weight is 314 g/mol. The summed E-state index contributed by atoms with van der Waals surface area (Å²) in [4.78, 5) is 20.2. The van der Waals surface area contributed by atoms with Crippen molar-refractivity contribution in [1.82, 2.24) is 9.88 Å². The van der Waals surface area contributed by atoms with Crippen molar-refractivity contribution >= 4 is 17.2 Å². The van der Waals surface area contributed by atoms with Gasteiger partial charge in [0, 0.05) is 29.4 Å². The average Bonchev–Trinajstić information content (AvgIpc) is 3.00. The molecular weight excluding hydrogens is 292 g/mol. The first kappa shape index (κ1) is 15.2. The predicted molar refractivity (Wildman–Crippen MR) is 90.0 cm³/mol. The Morgan fingerprint density at radius 1 is 1.36 bits per heavy atom. The molecule has 0 radical (unpaired) electrons. The maximum Gasteiger partial charge on any atom is 0.227 e. The number of nitrogens with zero attached hydrogens (tertiary/aromatic N) is 2. The SMILES string of the molecule is Cc1cccc(C[C@H]2CCCN(C(=O)Cc3cccs3)C2)n1. The van der Waals surface area contributed by atoms with Gasteiger partial charge >= 0.3 is 0 Å². The number of amides is 1. The van der Waals surface area contributed by atoms with Crippen molar-refractivity contribution in [1.29, 1.82) is 0 Å². The summed E-state index contributed by atoms with van der Waals surface area (Å²) in [7, 11) is 0. The van der Waals surface area contributed by atoms with Gasteiger partial charge in [-0.1, -0.05) is 12.1 Å². The van der Waals surface area contributed by atoms with Gasteiger partial charge in [-0.15, -0.1) is 11.3 Å². The normalized spacial score (nSPS) is 18.4. The highest BCUT2D eigenvalue weighted by atomic mass is 32.1. The summed E-state index contributed by atoms with van der Waals surface area (Å²) in [5.74, 6) is 0.805. The third-order valence-corrected chi connectivity index (χ3v) is 5.10. The van der Waals surface area contributed by atoms with Gasteiger partial charge in [0.25, 0.3) is 0 Å². The lowest BCUT2D eigenvalue weighted by Crippen LogP contribution is -2.41. The largest absolute Gasteiger partial charge is 0.342 e. The van der Waals surface area contributed by atoms with Gasteiger partial charge in [-0.25, -0.2) is 0 Å². The number of aromatic nitrogens is 1. The van der Waals surface area contributed by atoms with E-state index < -0.39 is 0 Å². The molecule has 1 amide bonds. The summed E-state index contributed by atoms with van der Waals surface area (Å²) in [6, 6.07) is 10.2. The first-order chi connectivity index (χ1) is 10.7. The summed E-state index contributed by atoms with van der Waals surface area (Å²) in [6.45, 7) is 3.81. The Morgan fingerprint density at radius 2 is 2.27 bits per heavy atom. The Balaban J connectivity index is 1.58. The number of hydrogen-bond donors (Lipinski definition) is 0. The Kier molecular flexibility index (Phi) is 4.88. The molecular formula is C18H22N2OS. The maximum absolute atomic E-state index is 12.4. The van der Waals surface area contributed by atoms with Crippen molar-refractivity contribution in [2.75, 3.05) is 13.1 Å². The highest BCUT2D eigenvalue weighted by Crippen LogP contribution is 2.21. The van der Waals surface area contributed by atoms with E-state index in [-0.39, 0.29) is 5.91 Å². The minimum Gasteiger partial charge on any atom is -0.342 e. The van der Waals surface area contributed by atoms with Crippen LogP contribution in [0.4, 0.5) is 0 Å². The molecule has 0 bridgehead atoms. The van der Waals surface area contributed by atoms with Crippen LogP contribution in [0.2, 0.25) is 0 Å². The second kappa shape index (κ2) is 7.05. The Morgan fingerprint density at radius 3 is 3.05 bits per heavy atom. The Labute approximate surface area is 136 Å². The standard InChI is InChI=1S/C18H22N2OS/c1-14-5-2-7-16(19-14)11-15-6-3-9-20(13-15)18(21)12-17-8-4-10-22-17/h2,4-5,7-8,10,15H,3,6,9,11-13H2,1H3/t15-/m1/s1. The lowest BCUT2D eigenvalue weighted by molar-refractivity contribution is -0.132. The second-order valence-electron chi connectivity index (χ2n) is 6.08. The minimum atomic E-state index is 0.268. The molecule has 1 fully saturated rings. The summed E-state index contributed by atoms with van der Waals surface area (Å²) in [5, 5.41) is 2.03. The molecule has 3 rings (SSSR count). The molecule has 0 aromatic carbocycles. The van der Waals surface area contributed by atoms with E-state index in [1.54, 1.807) is 11.3 Å². The van der Waals surface area contributed by atoms with Crippen LogP contribution in [0.1, 0.15) is 29.1 Å². The van der Waals surface area contributed by atoms with E-state index in [9.17, 15) is 4.79 Å². The molecule has 0 unspecified atom stereocenters. The van der Waals surface area contributed by atoms with E-state index >= 15 is 0 Å². The van der Waals surface area contributed by atoms with Crippen LogP contribution in [-0.4, -0.2) is 28.9 Å². The van der Waals surface area contributed by atoms with Crippen LogP contribution in [-0.2, 0) is 17.6 Å². The highest BCUT2D eigenvalue weighted by molar-refractivity contribution is 7.10. The summed E-state index contributed by atoms with van der Waals surface area (Å²) < 4.78 is 0. The van der Waals surface area contributed by atoms with Crippen LogP contribution in [0.15, 0.2) is 35.7 Å². The van der Waals surface area contributed by atoms with E-state index in [0.29, 0.717) is 12.3 Å². The molecule has 1 aliphatic heterocycles. The number of hydrogen-bond acceptors (Lipinski definition) is 3. The van der Waals surface area contributed by atoms with Gasteiger partial charge < -0.3 is 4.90 Å². The Bertz CT molecular complexity index is 624. The van der Waals surface area contributed by atoms with Crippen molar-refractivity contribution < 1.29 is 4.79 Å². The maximum atomic E-state index is 12.4. The summed E-state index contributed by atoms with van der Waals surface area (Å²) >= 11 is 1.66. The summed E-state index contributed by atoms with van der Waals surface area (Å²) in [6.07, 6.45) is 3.82. The van der Waals surface area contributed by atoms with E-state index in [2.05, 4.69) is 17.1 Å². The van der Waals surface area contributed by atoms with Gasteiger partial charge in [0.15, 0.2) is 0 Å². The molecule has 4 heteroatoms. The zero-order valence-corrected chi connectivity index (χ0v) is 13.8. The number of piperidine rings is 1. The number of aryl methyl sites for hydroxylation is 1. The molecule has 3 nitrogen and oxygen atoms in total. The number of carbonyl (C=O) groups is 1. The number of rotatable bonds is 4. The van der Waals surface area contributed by atoms with Gasteiger partial charge in [0.05, 0.1) is 6.42 Å². The minimum absolute atomic E-state index is 0.268. The molecule has 1 aliphatic rings. The monoisotopic (exact) mass is 314 g/mol. The third-order valence-electron chi connectivity index (χ3n) is 4.22. The van der Waals surface area contributed by atoms with Crippen LogP contribution >= 0.6 is 11.3 Å². The van der Waals surface area contributed by atoms with Crippen LogP contribution in [0.25, 0.3) is 0 Å². The van der Waals surface area contributed by atoms with E-state index in [1.165, 1.54) is 6.42 Å². The number of likely N-dealkylation sites (tertiary alicyclic amines) is 1. The lowest BCUT2D eigenvalue weighted by Gasteiger charge is -2.32. The van der Waals surface area contributed by atoms with Gasteiger partial charge in [-0.3, -0.25) is 9.78 Å². The molecule has 0 aliphatic carbocycles. The zero-order valence-electron chi connectivity index (χ0n) is 13.0. The van der Waals surface area contributed by atoms with Crippen molar-refractivity contribution in [3.8, 4) is 0 Å². The highest BCUT2D eigenvalue weighted by Gasteiger charge is 2.24. The molecule has 22 heavy (non-hydrogen) atoms. The van der Waals surface area contributed by atoms with Crippen LogP contribution in [0, 0.1) is 12.8 Å². The van der Waals surface area contributed by atoms with Gasteiger partial charge in [0.2, 0.25) is 5.91 Å². The molecule has 1 atom stereocenters. The molecule has 1 saturated heterocycles. The predicted octanol–water partition coefficient (Wildman–Crippen LogP) is 3.48. The third kappa shape index (κ3) is 3.95. The smallest absolute Gasteiger partial charge is 0.227 e. The second-order valence-corrected chi connectivity index (χ2v) is 7.11. The number of carbonyl (C=O) groups excluding carboxylic acids is 1. The first-order valence-electron chi connectivity index (χ1n) is 7.93. The van der Waals surface area contributed by atoms with Gasteiger partial charge in [-0.05, 0) is 55.7 Å². The van der Waals surface area contributed by atoms with Gasteiger partial charge in [-0.2, -0.15) is 0 Å². The van der Waals surface area contributed by atoms with Crippen molar-refractivity contribution in [3.63, 3.8) is 0 Å². The van der Waals surface area contributed by atoms with Crippen molar-refractivity contribution in [3.05, 3.63) is 52.0 Å². The quantitative estimate of drug-likeness (QED) is 0.865. The first-order valence-corrected chi connectivity index (χ1v) is 8.81. The Hall–Kier alpha value is -1.68. The fourth-order valence-electron chi connectivity index (χ4n) is 3.14. The zero-order chi connectivity index (χ0) is 15.4. The molecule has 0 saturated carbocycles. The van der Waals surface area contributed by atoms with Crippen molar-refractivity contribution in [2.24, 2.45) is 5.92 Å². The fourth-order valence-corrected chi connectivity index (χ4v) is 3.84. The van der Waals surface area contributed by atoms with E-state index in [4.69, 9.17) is 0 Å². The van der Waals surface area contributed by atoms with Crippen LogP contribution in [0.3, 0.4) is 0 Å². The lowest BCUT2D eigenvalue weighted by atomic mass is 9.93. The molecule has 2 aromatic heterocycles. The van der Waals surface area contributed by atoms with Crippen LogP contribution in [0.5, 0.6) is 0 Å². The van der Waals surface area contributed by atoms with E-state index in [0.717, 1.165) is 42.2 Å². The van der Waals surface area contributed by atoms with Crippen molar-refractivity contribution in [2.45, 2.75) is 32.6 Å². The van der Waals surface area contributed by atoms with Gasteiger partial charge in [0.1, 0.15) is 0 Å². The van der Waals surface area contributed by atoms with Crippen LogP contribution < -0.4 is 0 Å². The molecule has 3 heterocycles. The fraction of sp³-hybridized carbons (Fsp3) is 0.444. The van der Waals surface area contributed by atoms with E-state index in [1.807, 2.05) is 35.4 Å². The molecule has 0 N–H and O–H groups in total.